The fraction of sp³-hybridized carbons (Fsp3) is 0.667. The van der Waals surface area contributed by atoms with Crippen LogP contribution in [0.5, 0.6) is 0 Å². The van der Waals surface area contributed by atoms with Crippen molar-refractivity contribution in [3.05, 3.63) is 60.8 Å². The molecule has 0 aromatic rings. The average molecular weight is 708 g/mol. The number of epoxide rings is 1. The highest BCUT2D eigenvalue weighted by atomic mass is 16.7. The third-order valence-electron chi connectivity index (χ3n) is 9.35. The maximum absolute atomic E-state index is 12.5. The summed E-state index contributed by atoms with van der Waals surface area (Å²) in [5, 5.41) is 64.2. The number of fused-ring (bicyclic) bond motifs is 3. The summed E-state index contributed by atoms with van der Waals surface area (Å²) in [4.78, 5) is 24.8. The number of carbonyl (C=O) groups is 2. The Morgan fingerprint density at radius 3 is 2.42 bits per heavy atom. The first-order chi connectivity index (χ1) is 23.8. The average Bonchev–Trinajstić information content (AvgIpc) is 3.78. The van der Waals surface area contributed by atoms with Crippen molar-refractivity contribution < 1.29 is 63.9 Å². The lowest BCUT2D eigenvalue weighted by atomic mass is 9.83. The predicted octanol–water partition coefficient (Wildman–Crippen LogP) is 1.29. The van der Waals surface area contributed by atoms with Crippen molar-refractivity contribution in [1.29, 1.82) is 0 Å². The Hall–Kier alpha value is -2.76. The van der Waals surface area contributed by atoms with Gasteiger partial charge < -0.3 is 60.1 Å². The van der Waals surface area contributed by atoms with Crippen molar-refractivity contribution in [2.24, 2.45) is 11.7 Å². The second-order valence-electron chi connectivity index (χ2n) is 13.5. The molecule has 0 radical (unpaired) electrons. The van der Waals surface area contributed by atoms with Crippen LogP contribution in [0.25, 0.3) is 0 Å². The van der Waals surface area contributed by atoms with E-state index in [9.17, 15) is 40.2 Å². The van der Waals surface area contributed by atoms with E-state index in [0.29, 0.717) is 6.42 Å². The lowest BCUT2D eigenvalue weighted by Crippen LogP contribution is -2.61. The maximum Gasteiger partial charge on any atom is 0.330 e. The van der Waals surface area contributed by atoms with Gasteiger partial charge in [0.2, 0.25) is 0 Å². The highest BCUT2D eigenvalue weighted by Crippen LogP contribution is 2.39. The molecule has 14 nitrogen and oxygen atoms in total. The van der Waals surface area contributed by atoms with E-state index in [4.69, 9.17) is 29.4 Å². The van der Waals surface area contributed by atoms with Gasteiger partial charge in [0.25, 0.3) is 0 Å². The summed E-state index contributed by atoms with van der Waals surface area (Å²) in [6.45, 7) is 3.64. The topological polar surface area (TPSA) is 231 Å². The van der Waals surface area contributed by atoms with Gasteiger partial charge in [0, 0.05) is 38.2 Å². The van der Waals surface area contributed by atoms with Gasteiger partial charge in [-0.05, 0) is 19.4 Å². The van der Waals surface area contributed by atoms with Crippen molar-refractivity contribution in [2.75, 3.05) is 0 Å². The number of hydrogen-bond acceptors (Lipinski definition) is 13. The number of esters is 1. The Morgan fingerprint density at radius 1 is 0.980 bits per heavy atom. The number of hydrogen-bond donors (Lipinski definition) is 7. The van der Waals surface area contributed by atoms with Gasteiger partial charge in [-0.15, -0.1) is 0 Å². The largest absolute Gasteiger partial charge is 0.481 e. The minimum atomic E-state index is -2.10. The summed E-state index contributed by atoms with van der Waals surface area (Å²) in [6, 6.07) is -1.08. The van der Waals surface area contributed by atoms with Crippen molar-refractivity contribution in [2.45, 2.75) is 144 Å². The van der Waals surface area contributed by atoms with Crippen LogP contribution < -0.4 is 5.73 Å². The van der Waals surface area contributed by atoms with Crippen molar-refractivity contribution in [1.82, 2.24) is 0 Å². The fourth-order valence-electron chi connectivity index (χ4n) is 6.54. The van der Waals surface area contributed by atoms with Gasteiger partial charge in [-0.25, -0.2) is 4.79 Å². The Bertz CT molecular complexity index is 1270. The van der Waals surface area contributed by atoms with Gasteiger partial charge in [0.15, 0.2) is 12.1 Å². The molecular formula is C36H53NO13. The molecule has 0 spiro atoms. The summed E-state index contributed by atoms with van der Waals surface area (Å²) in [5.74, 6) is -5.41. The van der Waals surface area contributed by atoms with Gasteiger partial charge in [-0.1, -0.05) is 68.4 Å². The molecule has 280 valence electrons. The van der Waals surface area contributed by atoms with Crippen LogP contribution in [0, 0.1) is 5.92 Å². The normalized spacial score (nSPS) is 45.1. The molecule has 14 heteroatoms. The number of aliphatic hydroxyl groups excluding tert-OH is 4. The Morgan fingerprint density at radius 2 is 1.70 bits per heavy atom. The Balaban J connectivity index is 1.58. The molecule has 8 N–H and O–H groups in total. The number of carboxylic acid groups (broad SMARTS) is 1. The van der Waals surface area contributed by atoms with E-state index in [2.05, 4.69) is 6.92 Å². The van der Waals surface area contributed by atoms with E-state index in [-0.39, 0.29) is 25.4 Å². The lowest BCUT2D eigenvalue weighted by Gasteiger charge is -2.45. The number of carboxylic acids is 1. The molecule has 4 heterocycles. The van der Waals surface area contributed by atoms with Crippen molar-refractivity contribution >= 4 is 11.9 Å². The molecule has 0 aromatic heterocycles. The molecule has 0 aromatic carbocycles. The standard InChI is InChI=1S/C36H53NO13/c1-3-4-12-23-13-10-8-6-5-7-9-11-14-24(48-35-33(42)31(37)32(41)21(2)46-35)18-28-30(34(43)44)25(39)20-36(45,50-28)19-22(38)17-27-26(49-27)15-16-29(40)47-23/h5-11,14-16,21-28,30-33,35,38-39,41-42,45H,3-4,12-13,17-20,37H2,1-2H3,(H,43,44)/b6-5+,9-7+,10-8+,14-11+,16-15+/t21-,22?,23-,24+,25+,26-,27-,28+,30-,31+,32-,33+,35+,36-/m1/s1. The zero-order chi connectivity index (χ0) is 36.4. The lowest BCUT2D eigenvalue weighted by molar-refractivity contribution is -0.308. The number of unbranched alkanes of at least 4 members (excludes halogenated alkanes) is 1. The van der Waals surface area contributed by atoms with Crippen molar-refractivity contribution in [3.63, 3.8) is 0 Å². The third-order valence-corrected chi connectivity index (χ3v) is 9.35. The third kappa shape index (κ3) is 11.6. The van der Waals surface area contributed by atoms with E-state index < -0.39 is 97.3 Å². The fourth-order valence-corrected chi connectivity index (χ4v) is 6.54. The summed E-state index contributed by atoms with van der Waals surface area (Å²) >= 11 is 0. The molecule has 4 aliphatic rings. The summed E-state index contributed by atoms with van der Waals surface area (Å²) in [6.07, 6.45) is 8.24. The number of rotatable bonds is 6. The zero-order valence-electron chi connectivity index (χ0n) is 28.6. The van der Waals surface area contributed by atoms with Crippen LogP contribution in [0.1, 0.15) is 65.2 Å². The first-order valence-corrected chi connectivity index (χ1v) is 17.4. The number of ether oxygens (including phenoxy) is 5. The number of aliphatic carboxylic acids is 1. The minimum Gasteiger partial charge on any atom is -0.481 e. The second-order valence-corrected chi connectivity index (χ2v) is 13.5. The van der Waals surface area contributed by atoms with Crippen LogP contribution in [0.15, 0.2) is 60.8 Å². The molecule has 0 saturated carbocycles. The second kappa shape index (κ2) is 18.6. The van der Waals surface area contributed by atoms with Crippen molar-refractivity contribution in [3.8, 4) is 0 Å². The molecule has 0 aliphatic carbocycles. The van der Waals surface area contributed by atoms with Crippen LogP contribution in [-0.4, -0.2) is 122 Å². The van der Waals surface area contributed by atoms with Crippen LogP contribution in [0.2, 0.25) is 0 Å². The van der Waals surface area contributed by atoms with Gasteiger partial charge >= 0.3 is 11.9 Å². The maximum atomic E-state index is 12.5. The Kier molecular flexibility index (Phi) is 14.9. The van der Waals surface area contributed by atoms with Crippen LogP contribution in [0.3, 0.4) is 0 Å². The van der Waals surface area contributed by atoms with Crippen LogP contribution in [-0.2, 0) is 33.3 Å². The molecule has 50 heavy (non-hydrogen) atoms. The molecule has 3 saturated heterocycles. The highest BCUT2D eigenvalue weighted by Gasteiger charge is 2.51. The smallest absolute Gasteiger partial charge is 0.330 e. The van der Waals surface area contributed by atoms with Crippen LogP contribution >= 0.6 is 0 Å². The van der Waals surface area contributed by atoms with E-state index in [1.54, 1.807) is 43.4 Å². The molecule has 4 rings (SSSR count). The monoisotopic (exact) mass is 707 g/mol. The van der Waals surface area contributed by atoms with Gasteiger partial charge in [0.05, 0.1) is 48.8 Å². The van der Waals surface area contributed by atoms with Crippen LogP contribution in [0.4, 0.5) is 0 Å². The van der Waals surface area contributed by atoms with E-state index in [0.717, 1.165) is 19.3 Å². The van der Waals surface area contributed by atoms with E-state index >= 15 is 0 Å². The number of nitrogens with two attached hydrogens (primary N) is 1. The van der Waals surface area contributed by atoms with Gasteiger partial charge in [-0.2, -0.15) is 0 Å². The number of carbonyl (C=O) groups excluding carboxylic acids is 1. The molecule has 0 amide bonds. The minimum absolute atomic E-state index is 0.0816. The number of aliphatic hydroxyl groups is 5. The van der Waals surface area contributed by atoms with Gasteiger partial charge in [0.1, 0.15) is 24.2 Å². The molecule has 1 unspecified atom stereocenters. The summed E-state index contributed by atoms with van der Waals surface area (Å²) < 4.78 is 29.0. The zero-order valence-corrected chi connectivity index (χ0v) is 28.6. The first-order valence-electron chi connectivity index (χ1n) is 17.4. The van der Waals surface area contributed by atoms with E-state index in [1.165, 1.54) is 6.08 Å². The SMILES string of the molecule is CCCC[C@@H]1C/C=C/C=C/C=C/C=C/[C@H](O[C@@H]2O[C@H](C)[C@@H](O)[C@H](N)[C@@H]2O)C[C@@H]2O[C@](O)(CC(O)C[C@H]3O[C@@H]3/C=C/C(=O)O1)C[C@H](O)[C@H]2C(=O)O. The molecule has 3 fully saturated rings. The molecule has 4 aliphatic heterocycles. The molecular weight excluding hydrogens is 654 g/mol. The summed E-state index contributed by atoms with van der Waals surface area (Å²) in [5.41, 5.74) is 6.00. The Labute approximate surface area is 292 Å². The number of allylic oxidation sites excluding steroid dienone is 6. The molecule has 2 bridgehead atoms. The number of cyclic esters (lactones) is 1. The first kappa shape index (κ1) is 40.0. The highest BCUT2D eigenvalue weighted by molar-refractivity contribution is 5.82. The van der Waals surface area contributed by atoms with E-state index in [1.807, 2.05) is 18.2 Å². The summed E-state index contributed by atoms with van der Waals surface area (Å²) in [7, 11) is 0. The van der Waals surface area contributed by atoms with Gasteiger partial charge in [-0.3, -0.25) is 4.79 Å². The predicted molar refractivity (Wildman–Crippen MR) is 179 cm³/mol. The quantitative estimate of drug-likeness (QED) is 0.152. The molecule has 14 atom stereocenters.